The lowest BCUT2D eigenvalue weighted by Crippen LogP contribution is -2.50. The molecule has 0 spiro atoms. The predicted octanol–water partition coefficient (Wildman–Crippen LogP) is 1.78. The molecule has 1 aliphatic heterocycles. The minimum Gasteiger partial charge on any atom is -0.258 e. The summed E-state index contributed by atoms with van der Waals surface area (Å²) in [5, 5.41) is 0. The van der Waals surface area contributed by atoms with Gasteiger partial charge in [-0.1, -0.05) is 13.8 Å². The van der Waals surface area contributed by atoms with Crippen LogP contribution in [0.1, 0.15) is 33.1 Å². The number of rotatable bonds is 1. The van der Waals surface area contributed by atoms with Crippen molar-refractivity contribution in [2.45, 2.75) is 33.1 Å². The summed E-state index contributed by atoms with van der Waals surface area (Å²) in [6, 6.07) is 0. The van der Waals surface area contributed by atoms with Gasteiger partial charge in [-0.2, -0.15) is 0 Å². The zero-order valence-corrected chi connectivity index (χ0v) is 8.84. The Morgan fingerprint density at radius 2 is 1.69 bits per heavy atom. The molecule has 0 radical (unpaired) electrons. The lowest BCUT2D eigenvalue weighted by molar-refractivity contribution is 0.111. The van der Waals surface area contributed by atoms with Gasteiger partial charge < -0.3 is 0 Å². The molecule has 0 aromatic heterocycles. The van der Waals surface area contributed by atoms with Gasteiger partial charge in [-0.3, -0.25) is 10.9 Å². The number of nitrogens with one attached hydrogen (secondary N) is 2. The Balaban J connectivity index is 1.91. The molecule has 1 aliphatic carbocycles. The Morgan fingerprint density at radius 1 is 1.00 bits per heavy atom. The Kier molecular flexibility index (Phi) is 2.89. The van der Waals surface area contributed by atoms with Crippen molar-refractivity contribution in [2.75, 3.05) is 13.1 Å². The predicted molar refractivity (Wildman–Crippen MR) is 55.2 cm³/mol. The second-order valence-electron chi connectivity index (χ2n) is 5.10. The lowest BCUT2D eigenvalue weighted by Gasteiger charge is -2.41. The third-order valence-corrected chi connectivity index (χ3v) is 3.98. The van der Waals surface area contributed by atoms with E-state index >= 15 is 0 Å². The summed E-state index contributed by atoms with van der Waals surface area (Å²) in [4.78, 5) is 0. The van der Waals surface area contributed by atoms with Crippen molar-refractivity contribution in [3.8, 4) is 0 Å². The van der Waals surface area contributed by atoms with Crippen molar-refractivity contribution in [2.24, 2.45) is 23.7 Å². The fraction of sp³-hybridized carbons (Fsp3) is 1.00. The molecule has 0 aromatic rings. The molecule has 0 bridgehead atoms. The van der Waals surface area contributed by atoms with E-state index in [2.05, 4.69) is 24.7 Å². The van der Waals surface area contributed by atoms with Gasteiger partial charge >= 0.3 is 0 Å². The van der Waals surface area contributed by atoms with E-state index in [0.717, 1.165) is 23.7 Å². The van der Waals surface area contributed by atoms with E-state index in [1.54, 1.807) is 0 Å². The Labute approximate surface area is 81.4 Å². The first-order valence-electron chi connectivity index (χ1n) is 5.73. The van der Waals surface area contributed by atoms with Crippen molar-refractivity contribution in [3.05, 3.63) is 0 Å². The molecule has 76 valence electrons. The maximum Gasteiger partial charge on any atom is 0.0131 e. The Morgan fingerprint density at radius 3 is 2.38 bits per heavy atom. The molecule has 2 nitrogen and oxygen atoms in total. The SMILES string of the molecule is CC(C)C1CCC2CNNCC2C1. The van der Waals surface area contributed by atoms with Crippen LogP contribution in [-0.4, -0.2) is 13.1 Å². The fourth-order valence-electron chi connectivity index (χ4n) is 2.89. The van der Waals surface area contributed by atoms with E-state index in [1.807, 2.05) is 0 Å². The molecule has 2 aliphatic rings. The van der Waals surface area contributed by atoms with Crippen LogP contribution in [0.4, 0.5) is 0 Å². The first-order valence-corrected chi connectivity index (χ1v) is 5.73. The maximum absolute atomic E-state index is 3.29. The lowest BCUT2D eigenvalue weighted by atomic mass is 9.70. The van der Waals surface area contributed by atoms with Gasteiger partial charge in [0, 0.05) is 13.1 Å². The van der Waals surface area contributed by atoms with Gasteiger partial charge in [0.25, 0.3) is 0 Å². The number of hydrogen-bond donors (Lipinski definition) is 2. The van der Waals surface area contributed by atoms with E-state index in [-0.39, 0.29) is 0 Å². The first kappa shape index (κ1) is 9.47. The van der Waals surface area contributed by atoms with Crippen LogP contribution in [0.2, 0.25) is 0 Å². The molecule has 3 atom stereocenters. The number of hydrogen-bond acceptors (Lipinski definition) is 2. The van der Waals surface area contributed by atoms with Gasteiger partial charge in [-0.05, 0) is 42.9 Å². The molecule has 2 heteroatoms. The van der Waals surface area contributed by atoms with E-state index < -0.39 is 0 Å². The van der Waals surface area contributed by atoms with Crippen LogP contribution in [0.3, 0.4) is 0 Å². The number of hydrazine groups is 1. The third-order valence-electron chi connectivity index (χ3n) is 3.98. The molecular formula is C11H22N2. The van der Waals surface area contributed by atoms with Crippen molar-refractivity contribution >= 4 is 0 Å². The first-order chi connectivity index (χ1) is 6.27. The average Bonchev–Trinajstić information content (AvgIpc) is 2.17. The second-order valence-corrected chi connectivity index (χ2v) is 5.10. The average molecular weight is 182 g/mol. The van der Waals surface area contributed by atoms with E-state index in [1.165, 1.54) is 32.4 Å². The van der Waals surface area contributed by atoms with Crippen LogP contribution in [0.15, 0.2) is 0 Å². The minimum atomic E-state index is 0.885. The van der Waals surface area contributed by atoms with Crippen molar-refractivity contribution in [3.63, 3.8) is 0 Å². The molecule has 13 heavy (non-hydrogen) atoms. The molecule has 2 N–H and O–H groups in total. The summed E-state index contributed by atoms with van der Waals surface area (Å²) in [6.45, 7) is 7.13. The van der Waals surface area contributed by atoms with Crippen LogP contribution < -0.4 is 10.9 Å². The molecule has 3 unspecified atom stereocenters. The normalized spacial score (nSPS) is 40.4. The molecule has 1 heterocycles. The highest BCUT2D eigenvalue weighted by Crippen LogP contribution is 2.37. The molecule has 2 fully saturated rings. The zero-order chi connectivity index (χ0) is 9.26. The van der Waals surface area contributed by atoms with Crippen LogP contribution in [0.5, 0.6) is 0 Å². The largest absolute Gasteiger partial charge is 0.258 e. The van der Waals surface area contributed by atoms with Crippen LogP contribution in [0, 0.1) is 23.7 Å². The van der Waals surface area contributed by atoms with Gasteiger partial charge in [0.2, 0.25) is 0 Å². The van der Waals surface area contributed by atoms with E-state index in [4.69, 9.17) is 0 Å². The summed E-state index contributed by atoms with van der Waals surface area (Å²) in [6.07, 6.45) is 4.36. The summed E-state index contributed by atoms with van der Waals surface area (Å²) >= 11 is 0. The fourth-order valence-corrected chi connectivity index (χ4v) is 2.89. The summed E-state index contributed by atoms with van der Waals surface area (Å²) in [5.41, 5.74) is 6.57. The van der Waals surface area contributed by atoms with Gasteiger partial charge in [-0.25, -0.2) is 0 Å². The van der Waals surface area contributed by atoms with Gasteiger partial charge in [0.15, 0.2) is 0 Å². The van der Waals surface area contributed by atoms with Gasteiger partial charge in [0.05, 0.1) is 0 Å². The molecule has 0 amide bonds. The highest BCUT2D eigenvalue weighted by molar-refractivity contribution is 4.85. The molecule has 1 saturated heterocycles. The Bertz CT molecular complexity index is 167. The standard InChI is InChI=1S/C11H22N2/c1-8(2)9-3-4-10-6-12-13-7-11(10)5-9/h8-13H,3-7H2,1-2H3. The topological polar surface area (TPSA) is 24.1 Å². The Hall–Kier alpha value is -0.0800. The van der Waals surface area contributed by atoms with Crippen molar-refractivity contribution in [1.29, 1.82) is 0 Å². The summed E-state index contributed by atoms with van der Waals surface area (Å²) < 4.78 is 0. The highest BCUT2D eigenvalue weighted by Gasteiger charge is 2.32. The third kappa shape index (κ3) is 2.05. The van der Waals surface area contributed by atoms with Crippen molar-refractivity contribution < 1.29 is 0 Å². The van der Waals surface area contributed by atoms with E-state index in [0.29, 0.717) is 0 Å². The second kappa shape index (κ2) is 3.97. The minimum absolute atomic E-state index is 0.885. The maximum atomic E-state index is 3.29. The number of fused-ring (bicyclic) bond motifs is 1. The quantitative estimate of drug-likeness (QED) is 0.646. The van der Waals surface area contributed by atoms with Crippen LogP contribution in [0.25, 0.3) is 0 Å². The molecule has 2 rings (SSSR count). The highest BCUT2D eigenvalue weighted by atomic mass is 15.4. The summed E-state index contributed by atoms with van der Waals surface area (Å²) in [7, 11) is 0. The molecule has 0 aromatic carbocycles. The smallest absolute Gasteiger partial charge is 0.0131 e. The summed E-state index contributed by atoms with van der Waals surface area (Å²) in [5.74, 6) is 3.77. The monoisotopic (exact) mass is 182 g/mol. The van der Waals surface area contributed by atoms with Gasteiger partial charge in [-0.15, -0.1) is 0 Å². The van der Waals surface area contributed by atoms with Crippen LogP contribution in [-0.2, 0) is 0 Å². The van der Waals surface area contributed by atoms with Crippen LogP contribution >= 0.6 is 0 Å². The zero-order valence-electron chi connectivity index (χ0n) is 8.84. The van der Waals surface area contributed by atoms with Crippen molar-refractivity contribution in [1.82, 2.24) is 10.9 Å². The molecular weight excluding hydrogens is 160 g/mol. The van der Waals surface area contributed by atoms with Gasteiger partial charge in [0.1, 0.15) is 0 Å². The molecule has 1 saturated carbocycles. The van der Waals surface area contributed by atoms with E-state index in [9.17, 15) is 0 Å².